The Morgan fingerprint density at radius 3 is 2.48 bits per heavy atom. The molecule has 11 heteroatoms. The van der Waals surface area contributed by atoms with E-state index in [2.05, 4.69) is 26.0 Å². The van der Waals surface area contributed by atoms with E-state index in [-0.39, 0.29) is 45.9 Å². The van der Waals surface area contributed by atoms with E-state index < -0.39 is 49.6 Å². The lowest BCUT2D eigenvalue weighted by molar-refractivity contribution is -0.173. The van der Waals surface area contributed by atoms with Crippen molar-refractivity contribution in [1.82, 2.24) is 4.31 Å². The van der Waals surface area contributed by atoms with Gasteiger partial charge in [0.15, 0.2) is 17.4 Å². The molecule has 2 N–H and O–H groups in total. The number of sulfonamides is 1. The zero-order valence-electron chi connectivity index (χ0n) is 27.8. The number of carbonyl (C=O) groups excluding carboxylic acids is 1. The number of hydrogen-bond acceptors (Lipinski definition) is 7. The van der Waals surface area contributed by atoms with Crippen molar-refractivity contribution < 1.29 is 36.9 Å². The van der Waals surface area contributed by atoms with E-state index in [0.29, 0.717) is 57.1 Å². The van der Waals surface area contributed by atoms with E-state index in [1.54, 1.807) is 24.6 Å². The van der Waals surface area contributed by atoms with Crippen molar-refractivity contribution in [3.05, 3.63) is 76.7 Å². The highest BCUT2D eigenvalue weighted by Gasteiger charge is 2.74. The van der Waals surface area contributed by atoms with Crippen LogP contribution >= 0.6 is 11.3 Å². The van der Waals surface area contributed by atoms with Gasteiger partial charge < -0.3 is 14.9 Å². The standard InChI is InChI=1S/C37H45F2NO6S2/c1-33-12-9-25(41)21-35(33)15-16-37(26(22-35)32(42)24-7-8-27(38)28(39)20-24)29(33)10-13-34(2)30(37)11-14-36(34,43)23-40(17-5-18-46-3)48(44,45)31-6-4-19-47-31/h4,6-8,15-16,19-20,22,25,29-30,41,43H,5,9-14,17-18,21,23H2,1-3H3/t25?,29-,30-,33-,34+,35+,36-,37-/m1/s1. The van der Waals surface area contributed by atoms with Gasteiger partial charge >= 0.3 is 0 Å². The molecule has 1 unspecified atom stereocenters. The molecule has 1 aromatic carbocycles. The molecule has 6 aliphatic rings. The molecule has 0 radical (unpaired) electrons. The molecule has 3 saturated carbocycles. The second-order valence-corrected chi connectivity index (χ2v) is 18.5. The summed E-state index contributed by atoms with van der Waals surface area (Å²) in [6.45, 7) is 4.80. The highest BCUT2D eigenvalue weighted by molar-refractivity contribution is 7.91. The Labute approximate surface area is 285 Å². The maximum atomic E-state index is 14.6. The van der Waals surface area contributed by atoms with Crippen LogP contribution in [0.1, 0.15) is 75.6 Å². The first-order valence-electron chi connectivity index (χ1n) is 17.0. The van der Waals surface area contributed by atoms with E-state index in [4.69, 9.17) is 4.74 Å². The average molecular weight is 702 g/mol. The van der Waals surface area contributed by atoms with E-state index in [9.17, 15) is 32.2 Å². The van der Waals surface area contributed by atoms with Gasteiger partial charge in [-0.3, -0.25) is 4.79 Å². The molecule has 48 heavy (non-hydrogen) atoms. The smallest absolute Gasteiger partial charge is 0.252 e. The Kier molecular flexibility index (Phi) is 8.28. The Balaban J connectivity index is 1.33. The number of ether oxygens (including phenoxy) is 1. The SMILES string of the molecule is COCCCN(C[C@]1(O)CC[C@H]2[C@]34C=C[C@@]5(C=C3C(=O)c3ccc(F)c(F)c3)CC(O)CC[C@]5(C)[C@H]4CC[C@@]21C)S(=O)(=O)c1cccs1. The minimum atomic E-state index is -3.90. The molecule has 2 spiro atoms. The Bertz CT molecular complexity index is 1780. The summed E-state index contributed by atoms with van der Waals surface area (Å²) >= 11 is 1.15. The van der Waals surface area contributed by atoms with Gasteiger partial charge in [-0.1, -0.05) is 38.1 Å². The lowest BCUT2D eigenvalue weighted by atomic mass is 9.32. The predicted molar refractivity (Wildman–Crippen MR) is 179 cm³/mol. The number of Topliss-reactive ketones (excluding diaryl/α,β-unsaturated/α-hetero) is 1. The van der Waals surface area contributed by atoms with Crippen LogP contribution in [0.3, 0.4) is 0 Å². The number of allylic oxidation sites excluding steroid dienone is 4. The van der Waals surface area contributed by atoms with E-state index in [0.717, 1.165) is 29.9 Å². The van der Waals surface area contributed by atoms with Gasteiger partial charge in [-0.05, 0) is 98.3 Å². The Morgan fingerprint density at radius 1 is 1.04 bits per heavy atom. The van der Waals surface area contributed by atoms with Gasteiger partial charge in [0, 0.05) is 54.2 Å². The third-order valence-electron chi connectivity index (χ3n) is 13.4. The second kappa shape index (κ2) is 11.6. The molecule has 3 fully saturated rings. The quantitative estimate of drug-likeness (QED) is 0.166. The molecule has 1 heterocycles. The van der Waals surface area contributed by atoms with Crippen LogP contribution in [-0.2, 0) is 14.8 Å². The van der Waals surface area contributed by atoms with Crippen molar-refractivity contribution in [2.24, 2.45) is 33.5 Å². The third-order valence-corrected chi connectivity index (χ3v) is 16.6. The van der Waals surface area contributed by atoms with Crippen molar-refractivity contribution in [3.8, 4) is 0 Å². The molecule has 0 saturated heterocycles. The predicted octanol–water partition coefficient (Wildman–Crippen LogP) is 6.53. The first-order chi connectivity index (χ1) is 22.7. The largest absolute Gasteiger partial charge is 0.393 e. The fourth-order valence-corrected chi connectivity index (χ4v) is 13.6. The topological polar surface area (TPSA) is 104 Å². The summed E-state index contributed by atoms with van der Waals surface area (Å²) in [5.74, 6) is -2.71. The molecule has 1 aromatic heterocycles. The average Bonchev–Trinajstić information content (AvgIpc) is 3.69. The number of halogens is 2. The summed E-state index contributed by atoms with van der Waals surface area (Å²) in [5.41, 5.74) is -3.23. The summed E-state index contributed by atoms with van der Waals surface area (Å²) in [5, 5.41) is 25.4. The Morgan fingerprint density at radius 2 is 1.77 bits per heavy atom. The number of methoxy groups -OCH3 is 1. The maximum Gasteiger partial charge on any atom is 0.252 e. The van der Waals surface area contributed by atoms with E-state index >= 15 is 0 Å². The highest BCUT2D eigenvalue weighted by atomic mass is 32.2. The fourth-order valence-electron chi connectivity index (χ4n) is 10.9. The number of aliphatic hydroxyl groups is 2. The summed E-state index contributed by atoms with van der Waals surface area (Å²) in [4.78, 5) is 14.6. The van der Waals surface area contributed by atoms with Crippen molar-refractivity contribution >= 4 is 27.1 Å². The van der Waals surface area contributed by atoms with Crippen LogP contribution in [0.5, 0.6) is 0 Å². The number of hydrogen-bond donors (Lipinski definition) is 2. The molecule has 6 aliphatic carbocycles. The van der Waals surface area contributed by atoms with Crippen molar-refractivity contribution in [3.63, 3.8) is 0 Å². The number of fused-ring (bicyclic) bond motifs is 1. The zero-order chi connectivity index (χ0) is 34.3. The minimum Gasteiger partial charge on any atom is -0.393 e. The lowest BCUT2D eigenvalue weighted by Crippen LogP contribution is -2.67. The van der Waals surface area contributed by atoms with Crippen molar-refractivity contribution in [1.29, 1.82) is 0 Å². The summed E-state index contributed by atoms with van der Waals surface area (Å²) in [7, 11) is -2.33. The molecule has 8 rings (SSSR count). The maximum absolute atomic E-state index is 14.6. The lowest BCUT2D eigenvalue weighted by Gasteiger charge is -2.71. The van der Waals surface area contributed by atoms with Crippen molar-refractivity contribution in [2.45, 2.75) is 81.1 Å². The molecular formula is C37H45F2NO6S2. The van der Waals surface area contributed by atoms with Crippen LogP contribution in [0.25, 0.3) is 0 Å². The number of thiophene rings is 1. The molecule has 2 aromatic rings. The molecule has 2 bridgehead atoms. The van der Waals surface area contributed by atoms with E-state index in [1.807, 2.05) is 6.08 Å². The third kappa shape index (κ3) is 4.67. The zero-order valence-corrected chi connectivity index (χ0v) is 29.4. The number of ketones is 1. The second-order valence-electron chi connectivity index (χ2n) is 15.4. The Hall–Kier alpha value is -2.28. The number of aliphatic hydroxyl groups excluding tert-OH is 1. The number of nitrogens with zero attached hydrogens (tertiary/aromatic N) is 1. The van der Waals surface area contributed by atoms with Gasteiger partial charge in [-0.2, -0.15) is 4.31 Å². The van der Waals surface area contributed by atoms with Crippen LogP contribution in [0.4, 0.5) is 8.78 Å². The molecule has 8 atom stereocenters. The highest BCUT2D eigenvalue weighted by Crippen LogP contribution is 2.78. The summed E-state index contributed by atoms with van der Waals surface area (Å²) < 4.78 is 63.3. The number of benzene rings is 1. The molecule has 0 aliphatic heterocycles. The molecular weight excluding hydrogens is 657 g/mol. The van der Waals surface area contributed by atoms with Crippen LogP contribution in [-0.4, -0.2) is 67.2 Å². The van der Waals surface area contributed by atoms with E-state index in [1.165, 1.54) is 10.4 Å². The van der Waals surface area contributed by atoms with Crippen molar-refractivity contribution in [2.75, 3.05) is 26.8 Å². The number of rotatable bonds is 10. The van der Waals surface area contributed by atoms with Gasteiger partial charge in [0.25, 0.3) is 10.0 Å². The van der Waals surface area contributed by atoms with Gasteiger partial charge in [-0.15, -0.1) is 11.3 Å². The first-order valence-corrected chi connectivity index (χ1v) is 19.4. The van der Waals surface area contributed by atoms with Gasteiger partial charge in [-0.25, -0.2) is 17.2 Å². The fraction of sp³-hybridized carbons (Fsp3) is 0.595. The first kappa shape index (κ1) is 34.2. The van der Waals surface area contributed by atoms with Crippen LogP contribution in [0.15, 0.2) is 63.7 Å². The summed E-state index contributed by atoms with van der Waals surface area (Å²) in [6.07, 6.45) is 10.4. The minimum absolute atomic E-state index is 0.00447. The summed E-state index contributed by atoms with van der Waals surface area (Å²) in [6, 6.07) is 6.55. The number of carbonyl (C=O) groups is 1. The molecule has 260 valence electrons. The van der Waals surface area contributed by atoms with Crippen LogP contribution in [0.2, 0.25) is 0 Å². The molecule has 0 amide bonds. The van der Waals surface area contributed by atoms with Gasteiger partial charge in [0.05, 0.1) is 11.7 Å². The monoisotopic (exact) mass is 701 g/mol. The van der Waals surface area contributed by atoms with Crippen LogP contribution in [0, 0.1) is 45.1 Å². The molecule has 7 nitrogen and oxygen atoms in total. The van der Waals surface area contributed by atoms with Gasteiger partial charge in [0.1, 0.15) is 4.21 Å². The normalized spacial score (nSPS) is 38.4. The van der Waals surface area contributed by atoms with Crippen LogP contribution < -0.4 is 0 Å². The van der Waals surface area contributed by atoms with Gasteiger partial charge in [0.2, 0.25) is 0 Å².